The summed E-state index contributed by atoms with van der Waals surface area (Å²) < 4.78 is 0. The minimum atomic E-state index is 0.0366. The van der Waals surface area contributed by atoms with E-state index < -0.39 is 0 Å². The highest BCUT2D eigenvalue weighted by molar-refractivity contribution is 5.78. The Morgan fingerprint density at radius 2 is 1.75 bits per heavy atom. The van der Waals surface area contributed by atoms with Crippen LogP contribution < -0.4 is 5.32 Å². The van der Waals surface area contributed by atoms with Crippen molar-refractivity contribution in [3.8, 4) is 0 Å². The lowest BCUT2D eigenvalue weighted by Crippen LogP contribution is -2.34. The highest BCUT2D eigenvalue weighted by Crippen LogP contribution is 2.28. The van der Waals surface area contributed by atoms with Gasteiger partial charge in [-0.15, -0.1) is 0 Å². The molecule has 1 aliphatic carbocycles. The Hall–Kier alpha value is -0.570. The fraction of sp³-hybridized carbons (Fsp3) is 0.923. The molecule has 0 bridgehead atoms. The van der Waals surface area contributed by atoms with Crippen LogP contribution in [0.15, 0.2) is 0 Å². The molecule has 0 aliphatic heterocycles. The summed E-state index contributed by atoms with van der Waals surface area (Å²) in [5.41, 5.74) is 0. The third-order valence-electron chi connectivity index (χ3n) is 2.80. The van der Waals surface area contributed by atoms with Crippen LogP contribution in [0.3, 0.4) is 0 Å². The van der Waals surface area contributed by atoms with Gasteiger partial charge in [0.15, 0.2) is 0 Å². The molecule has 0 spiro atoms. The first-order valence-electron chi connectivity index (χ1n) is 6.54. The summed E-state index contributed by atoms with van der Waals surface area (Å²) in [7, 11) is 0. The molecule has 1 saturated carbocycles. The van der Waals surface area contributed by atoms with E-state index in [0.29, 0.717) is 6.54 Å². The van der Waals surface area contributed by atoms with Crippen molar-refractivity contribution in [3.63, 3.8) is 0 Å². The second kappa shape index (κ2) is 9.64. The minimum Gasteiger partial charge on any atom is -0.395 e. The zero-order valence-corrected chi connectivity index (χ0v) is 11.0. The summed E-state index contributed by atoms with van der Waals surface area (Å²) in [5, 5.41) is 11.3. The summed E-state index contributed by atoms with van der Waals surface area (Å²) in [5.74, 6) is 1.10. The van der Waals surface area contributed by atoms with Crippen molar-refractivity contribution in [2.45, 2.75) is 52.9 Å². The van der Waals surface area contributed by atoms with Crippen LogP contribution in [0, 0.1) is 11.8 Å². The van der Waals surface area contributed by atoms with Gasteiger partial charge in [-0.25, -0.2) is 0 Å². The molecule has 1 rings (SSSR count). The molecule has 0 radical (unpaired) electrons. The van der Waals surface area contributed by atoms with Gasteiger partial charge in [-0.05, 0) is 31.6 Å². The summed E-state index contributed by atoms with van der Waals surface area (Å²) in [6.45, 7) is 6.92. The van der Waals surface area contributed by atoms with Gasteiger partial charge in [-0.1, -0.05) is 27.2 Å². The normalized spacial score (nSPS) is 24.2. The molecule has 0 aromatic rings. The maximum atomic E-state index is 11.4. The molecule has 1 aliphatic rings. The SMILES string of the molecule is CC1CCC(C(=O)NCCO)CC1.CCC. The number of nitrogens with one attached hydrogen (secondary N) is 1. The number of aliphatic hydroxyl groups is 1. The van der Waals surface area contributed by atoms with Crippen molar-refractivity contribution in [1.29, 1.82) is 0 Å². The number of hydrogen-bond acceptors (Lipinski definition) is 2. The Morgan fingerprint density at radius 1 is 1.25 bits per heavy atom. The monoisotopic (exact) mass is 229 g/mol. The summed E-state index contributed by atoms with van der Waals surface area (Å²) >= 11 is 0. The van der Waals surface area contributed by atoms with E-state index in [4.69, 9.17) is 5.11 Å². The summed E-state index contributed by atoms with van der Waals surface area (Å²) in [6, 6.07) is 0. The van der Waals surface area contributed by atoms with Gasteiger partial charge < -0.3 is 10.4 Å². The molecule has 0 saturated heterocycles. The topological polar surface area (TPSA) is 49.3 Å². The predicted molar refractivity (Wildman–Crippen MR) is 67.2 cm³/mol. The fourth-order valence-corrected chi connectivity index (χ4v) is 1.85. The van der Waals surface area contributed by atoms with Crippen LogP contribution in [-0.2, 0) is 4.79 Å². The van der Waals surface area contributed by atoms with Gasteiger partial charge in [-0.3, -0.25) is 4.79 Å². The first-order valence-corrected chi connectivity index (χ1v) is 6.54. The molecule has 96 valence electrons. The Morgan fingerprint density at radius 3 is 2.19 bits per heavy atom. The quantitative estimate of drug-likeness (QED) is 0.780. The van der Waals surface area contributed by atoms with Crippen molar-refractivity contribution < 1.29 is 9.90 Å². The number of hydrogen-bond donors (Lipinski definition) is 2. The number of carbonyl (C=O) groups excluding carboxylic acids is 1. The molecular weight excluding hydrogens is 202 g/mol. The lowest BCUT2D eigenvalue weighted by atomic mass is 9.82. The molecule has 3 heteroatoms. The van der Waals surface area contributed by atoms with E-state index >= 15 is 0 Å². The highest BCUT2D eigenvalue weighted by atomic mass is 16.3. The van der Waals surface area contributed by atoms with Gasteiger partial charge in [0.05, 0.1) is 6.61 Å². The smallest absolute Gasteiger partial charge is 0.223 e. The van der Waals surface area contributed by atoms with E-state index in [9.17, 15) is 4.79 Å². The van der Waals surface area contributed by atoms with Crippen molar-refractivity contribution in [2.75, 3.05) is 13.2 Å². The zero-order chi connectivity index (χ0) is 12.4. The van der Waals surface area contributed by atoms with Gasteiger partial charge in [0, 0.05) is 12.5 Å². The number of rotatable bonds is 3. The van der Waals surface area contributed by atoms with Gasteiger partial charge in [0.25, 0.3) is 0 Å². The van der Waals surface area contributed by atoms with Gasteiger partial charge >= 0.3 is 0 Å². The number of aliphatic hydroxyl groups excluding tert-OH is 1. The second-order valence-electron chi connectivity index (χ2n) is 4.68. The molecular formula is C13H27NO2. The van der Waals surface area contributed by atoms with Crippen LogP contribution in [0.5, 0.6) is 0 Å². The fourth-order valence-electron chi connectivity index (χ4n) is 1.85. The first kappa shape index (κ1) is 15.4. The molecule has 2 N–H and O–H groups in total. The molecule has 1 amide bonds. The van der Waals surface area contributed by atoms with Crippen molar-refractivity contribution in [1.82, 2.24) is 5.32 Å². The first-order chi connectivity index (χ1) is 7.65. The summed E-state index contributed by atoms with van der Waals surface area (Å²) in [6.07, 6.45) is 5.60. The minimum absolute atomic E-state index is 0.0366. The Balaban J connectivity index is 0.000000673. The van der Waals surface area contributed by atoms with E-state index in [1.807, 2.05) is 0 Å². The average Bonchev–Trinajstić information content (AvgIpc) is 2.28. The molecule has 0 aromatic carbocycles. The van der Waals surface area contributed by atoms with E-state index in [1.54, 1.807) is 0 Å². The van der Waals surface area contributed by atoms with E-state index in [1.165, 1.54) is 6.42 Å². The second-order valence-corrected chi connectivity index (χ2v) is 4.68. The van der Waals surface area contributed by atoms with Gasteiger partial charge in [0.2, 0.25) is 5.91 Å². The molecule has 0 unspecified atom stereocenters. The predicted octanol–water partition coefficient (Wildman–Crippen LogP) is 2.34. The molecule has 16 heavy (non-hydrogen) atoms. The lowest BCUT2D eigenvalue weighted by molar-refractivity contribution is -0.126. The maximum Gasteiger partial charge on any atom is 0.223 e. The number of carbonyl (C=O) groups is 1. The molecule has 0 heterocycles. The molecule has 0 aromatic heterocycles. The van der Waals surface area contributed by atoms with E-state index in [2.05, 4.69) is 26.1 Å². The van der Waals surface area contributed by atoms with Crippen molar-refractivity contribution in [3.05, 3.63) is 0 Å². The largest absolute Gasteiger partial charge is 0.395 e. The van der Waals surface area contributed by atoms with Crippen LogP contribution in [0.4, 0.5) is 0 Å². The number of amides is 1. The van der Waals surface area contributed by atoms with Crippen LogP contribution in [0.25, 0.3) is 0 Å². The van der Waals surface area contributed by atoms with Gasteiger partial charge in [-0.2, -0.15) is 0 Å². The maximum absolute atomic E-state index is 11.4. The van der Waals surface area contributed by atoms with Crippen LogP contribution in [0.1, 0.15) is 52.9 Å². The zero-order valence-electron chi connectivity index (χ0n) is 11.0. The van der Waals surface area contributed by atoms with Crippen molar-refractivity contribution in [2.24, 2.45) is 11.8 Å². The third-order valence-corrected chi connectivity index (χ3v) is 2.80. The lowest BCUT2D eigenvalue weighted by Gasteiger charge is -2.25. The third kappa shape index (κ3) is 6.83. The van der Waals surface area contributed by atoms with Crippen LogP contribution in [-0.4, -0.2) is 24.2 Å². The Bertz CT molecular complexity index is 175. The standard InChI is InChI=1S/C10H19NO2.C3H8/c1-8-2-4-9(5-3-8)10(13)11-6-7-12;1-3-2/h8-9,12H,2-7H2,1H3,(H,11,13);3H2,1-2H3. The van der Waals surface area contributed by atoms with E-state index in [0.717, 1.165) is 31.6 Å². The van der Waals surface area contributed by atoms with Gasteiger partial charge in [0.1, 0.15) is 0 Å². The van der Waals surface area contributed by atoms with E-state index in [-0.39, 0.29) is 18.4 Å². The molecule has 0 atom stereocenters. The van der Waals surface area contributed by atoms with Crippen LogP contribution >= 0.6 is 0 Å². The van der Waals surface area contributed by atoms with Crippen molar-refractivity contribution >= 4 is 5.91 Å². The highest BCUT2D eigenvalue weighted by Gasteiger charge is 2.23. The average molecular weight is 229 g/mol. The summed E-state index contributed by atoms with van der Waals surface area (Å²) in [4.78, 5) is 11.4. The van der Waals surface area contributed by atoms with Crippen LogP contribution in [0.2, 0.25) is 0 Å². The molecule has 1 fully saturated rings. The Labute approximate surface area is 99.6 Å². The molecule has 3 nitrogen and oxygen atoms in total. The Kier molecular flexibility index (Phi) is 9.30.